The zero-order valence-corrected chi connectivity index (χ0v) is 17.5. The molecule has 7 heteroatoms. The molecule has 0 unspecified atom stereocenters. The average molecular weight is 415 g/mol. The van der Waals surface area contributed by atoms with E-state index >= 15 is 0 Å². The van der Waals surface area contributed by atoms with Gasteiger partial charge in [-0.3, -0.25) is 9.36 Å². The fraction of sp³-hybridized carbons (Fsp3) is 0.286. The Morgan fingerprint density at radius 2 is 1.86 bits per heavy atom. The summed E-state index contributed by atoms with van der Waals surface area (Å²) in [5.74, 6) is 0.757. The molecule has 0 aliphatic carbocycles. The second-order valence-electron chi connectivity index (χ2n) is 6.74. The number of hydrogen-bond acceptors (Lipinski definition) is 4. The van der Waals surface area contributed by atoms with Gasteiger partial charge >= 0.3 is 0 Å². The predicted octanol–water partition coefficient (Wildman–Crippen LogP) is 4.50. The number of carbonyl (C=O) groups is 1. The lowest BCUT2D eigenvalue weighted by Crippen LogP contribution is -2.27. The van der Waals surface area contributed by atoms with Gasteiger partial charge in [0.15, 0.2) is 5.16 Å². The highest BCUT2D eigenvalue weighted by Gasteiger charge is 2.10. The van der Waals surface area contributed by atoms with Crippen LogP contribution in [0.25, 0.3) is 5.69 Å². The van der Waals surface area contributed by atoms with E-state index in [1.54, 1.807) is 6.33 Å². The van der Waals surface area contributed by atoms with Gasteiger partial charge in [-0.05, 0) is 47.7 Å². The molecule has 1 aromatic heterocycles. The van der Waals surface area contributed by atoms with E-state index in [2.05, 4.69) is 53.6 Å². The number of carbonyl (C=O) groups excluding carboxylic acids is 1. The normalized spacial score (nSPS) is 11.0. The van der Waals surface area contributed by atoms with Crippen molar-refractivity contribution in [1.82, 2.24) is 20.1 Å². The number of nitrogens with zero attached hydrogens (tertiary/aromatic N) is 3. The zero-order chi connectivity index (χ0) is 19.9. The van der Waals surface area contributed by atoms with E-state index in [1.807, 2.05) is 28.8 Å². The number of amides is 1. The van der Waals surface area contributed by atoms with Crippen molar-refractivity contribution in [1.29, 1.82) is 0 Å². The molecule has 0 bridgehead atoms. The summed E-state index contributed by atoms with van der Waals surface area (Å²) in [6.45, 7) is 4.92. The van der Waals surface area contributed by atoms with Crippen LogP contribution in [-0.2, 0) is 11.2 Å². The van der Waals surface area contributed by atoms with Crippen LogP contribution in [-0.4, -0.2) is 33.0 Å². The van der Waals surface area contributed by atoms with Gasteiger partial charge in [0.05, 0.1) is 5.75 Å². The average Bonchev–Trinajstić information content (AvgIpc) is 3.16. The first-order valence-corrected chi connectivity index (χ1v) is 10.5. The molecule has 0 saturated carbocycles. The number of aromatic nitrogens is 3. The first kappa shape index (κ1) is 20.4. The fourth-order valence-corrected chi connectivity index (χ4v) is 3.58. The van der Waals surface area contributed by atoms with Crippen molar-refractivity contribution < 1.29 is 4.79 Å². The molecule has 0 aliphatic heterocycles. The summed E-state index contributed by atoms with van der Waals surface area (Å²) < 4.78 is 1.90. The lowest BCUT2D eigenvalue weighted by atomic mass is 10.0. The van der Waals surface area contributed by atoms with Crippen molar-refractivity contribution in [2.45, 2.75) is 31.3 Å². The first-order chi connectivity index (χ1) is 13.5. The monoisotopic (exact) mass is 414 g/mol. The van der Waals surface area contributed by atoms with Crippen molar-refractivity contribution >= 4 is 29.3 Å². The summed E-state index contributed by atoms with van der Waals surface area (Å²) in [6, 6.07) is 16.0. The van der Waals surface area contributed by atoms with Gasteiger partial charge in [0, 0.05) is 17.3 Å². The van der Waals surface area contributed by atoms with Gasteiger partial charge in [0.1, 0.15) is 6.33 Å². The smallest absolute Gasteiger partial charge is 0.230 e. The second kappa shape index (κ2) is 9.75. The van der Waals surface area contributed by atoms with Gasteiger partial charge < -0.3 is 5.32 Å². The van der Waals surface area contributed by atoms with E-state index < -0.39 is 0 Å². The minimum atomic E-state index is -0.0244. The largest absolute Gasteiger partial charge is 0.355 e. The summed E-state index contributed by atoms with van der Waals surface area (Å²) in [7, 11) is 0. The maximum absolute atomic E-state index is 12.1. The molecule has 0 atom stereocenters. The number of rotatable bonds is 8. The number of hydrogen-bond donors (Lipinski definition) is 1. The number of thioether (sulfide) groups is 1. The molecule has 28 heavy (non-hydrogen) atoms. The molecule has 2 aromatic carbocycles. The third kappa shape index (κ3) is 5.59. The van der Waals surface area contributed by atoms with Gasteiger partial charge in [-0.15, -0.1) is 10.2 Å². The molecule has 1 heterocycles. The Morgan fingerprint density at radius 1 is 1.14 bits per heavy atom. The maximum Gasteiger partial charge on any atom is 0.230 e. The second-order valence-corrected chi connectivity index (χ2v) is 8.12. The van der Waals surface area contributed by atoms with Crippen molar-refractivity contribution in [2.75, 3.05) is 12.3 Å². The minimum Gasteiger partial charge on any atom is -0.355 e. The maximum atomic E-state index is 12.1. The van der Waals surface area contributed by atoms with E-state index in [0.717, 1.165) is 17.7 Å². The van der Waals surface area contributed by atoms with Gasteiger partial charge in [0.25, 0.3) is 0 Å². The molecule has 0 fully saturated rings. The molecular weight excluding hydrogens is 392 g/mol. The van der Waals surface area contributed by atoms with E-state index in [-0.39, 0.29) is 5.91 Å². The molecule has 3 rings (SSSR count). The van der Waals surface area contributed by atoms with E-state index in [0.29, 0.717) is 28.4 Å². The predicted molar refractivity (Wildman–Crippen MR) is 114 cm³/mol. The van der Waals surface area contributed by atoms with Crippen molar-refractivity contribution in [3.8, 4) is 5.69 Å². The molecule has 3 aromatic rings. The van der Waals surface area contributed by atoms with Crippen molar-refractivity contribution in [3.63, 3.8) is 0 Å². The third-order valence-corrected chi connectivity index (χ3v) is 5.53. The van der Waals surface area contributed by atoms with Gasteiger partial charge in [-0.25, -0.2) is 0 Å². The molecule has 146 valence electrons. The zero-order valence-electron chi connectivity index (χ0n) is 15.9. The summed E-state index contributed by atoms with van der Waals surface area (Å²) in [5, 5.41) is 12.5. The topological polar surface area (TPSA) is 59.8 Å². The van der Waals surface area contributed by atoms with Crippen LogP contribution in [0, 0.1) is 0 Å². The molecular formula is C21H23ClN4OS. The quantitative estimate of drug-likeness (QED) is 0.551. The van der Waals surface area contributed by atoms with Crippen LogP contribution in [0.15, 0.2) is 60.0 Å². The molecule has 0 aliphatic rings. The van der Waals surface area contributed by atoms with Crippen molar-refractivity contribution in [3.05, 3.63) is 71.0 Å². The SMILES string of the molecule is CC(C)c1ccc(-n2cnnc2SCC(=O)NCCc2ccc(Cl)cc2)cc1. The van der Waals surface area contributed by atoms with Crippen molar-refractivity contribution in [2.24, 2.45) is 0 Å². The summed E-state index contributed by atoms with van der Waals surface area (Å²) >= 11 is 7.25. The van der Waals surface area contributed by atoms with Crippen LogP contribution in [0.5, 0.6) is 0 Å². The molecule has 1 amide bonds. The third-order valence-electron chi connectivity index (χ3n) is 4.34. The standard InChI is InChI=1S/C21H23ClN4OS/c1-15(2)17-5-9-19(10-6-17)26-14-24-25-21(26)28-13-20(27)23-12-11-16-3-7-18(22)8-4-16/h3-10,14-15H,11-13H2,1-2H3,(H,23,27). The van der Waals surface area contributed by atoms with Crippen LogP contribution < -0.4 is 5.32 Å². The van der Waals surface area contributed by atoms with E-state index in [9.17, 15) is 4.79 Å². The Bertz CT molecular complexity index is 907. The lowest BCUT2D eigenvalue weighted by Gasteiger charge is -2.09. The van der Waals surface area contributed by atoms with Crippen LogP contribution in [0.3, 0.4) is 0 Å². The molecule has 1 N–H and O–H groups in total. The minimum absolute atomic E-state index is 0.0244. The highest BCUT2D eigenvalue weighted by molar-refractivity contribution is 7.99. The van der Waals surface area contributed by atoms with Crippen LogP contribution >= 0.6 is 23.4 Å². The number of halogens is 1. The van der Waals surface area contributed by atoms with Crippen LogP contribution in [0.2, 0.25) is 5.02 Å². The molecule has 0 saturated heterocycles. The van der Waals surface area contributed by atoms with Crippen LogP contribution in [0.1, 0.15) is 30.9 Å². The van der Waals surface area contributed by atoms with E-state index in [4.69, 9.17) is 11.6 Å². The Balaban J connectivity index is 1.50. The Hall–Kier alpha value is -2.31. The summed E-state index contributed by atoms with van der Waals surface area (Å²) in [5.41, 5.74) is 3.41. The summed E-state index contributed by atoms with van der Waals surface area (Å²) in [4.78, 5) is 12.1. The Kier molecular flexibility index (Phi) is 7.12. The van der Waals surface area contributed by atoms with E-state index in [1.165, 1.54) is 17.3 Å². The highest BCUT2D eigenvalue weighted by atomic mass is 35.5. The summed E-state index contributed by atoms with van der Waals surface area (Å²) in [6.07, 6.45) is 2.44. The number of nitrogens with one attached hydrogen (secondary N) is 1. The fourth-order valence-electron chi connectivity index (χ4n) is 2.70. The molecule has 5 nitrogen and oxygen atoms in total. The van der Waals surface area contributed by atoms with Gasteiger partial charge in [-0.2, -0.15) is 0 Å². The van der Waals surface area contributed by atoms with Crippen LogP contribution in [0.4, 0.5) is 0 Å². The lowest BCUT2D eigenvalue weighted by molar-refractivity contribution is -0.118. The Morgan fingerprint density at radius 3 is 2.54 bits per heavy atom. The number of benzene rings is 2. The molecule has 0 radical (unpaired) electrons. The van der Waals surface area contributed by atoms with Gasteiger partial charge in [0.2, 0.25) is 5.91 Å². The van der Waals surface area contributed by atoms with Gasteiger partial charge in [-0.1, -0.05) is 61.5 Å². The Labute approximate surface area is 174 Å². The molecule has 0 spiro atoms. The highest BCUT2D eigenvalue weighted by Crippen LogP contribution is 2.21. The first-order valence-electron chi connectivity index (χ1n) is 9.17.